The summed E-state index contributed by atoms with van der Waals surface area (Å²) in [5, 5.41) is 3.25. The standard InChI is InChI=1S/C17H28N2O/c1-4-5-10-18-12-17(20)16-11-13(2)19(14(16)3)15-8-6-7-9-15/h11,15,18H,4-10,12H2,1-3H3. The van der Waals surface area contributed by atoms with Crippen LogP contribution >= 0.6 is 0 Å². The van der Waals surface area contributed by atoms with Crippen LogP contribution in [0.2, 0.25) is 0 Å². The van der Waals surface area contributed by atoms with Gasteiger partial charge in [-0.1, -0.05) is 26.2 Å². The van der Waals surface area contributed by atoms with Gasteiger partial charge in [-0.25, -0.2) is 0 Å². The largest absolute Gasteiger partial charge is 0.345 e. The Hall–Kier alpha value is -1.09. The molecule has 0 atom stereocenters. The van der Waals surface area contributed by atoms with Crippen LogP contribution in [0.1, 0.15) is 73.2 Å². The maximum atomic E-state index is 12.3. The molecule has 112 valence electrons. The number of ketones is 1. The minimum Gasteiger partial charge on any atom is -0.345 e. The van der Waals surface area contributed by atoms with Gasteiger partial charge in [0.1, 0.15) is 0 Å². The first kappa shape index (κ1) is 15.3. The number of rotatable bonds is 7. The smallest absolute Gasteiger partial charge is 0.178 e. The van der Waals surface area contributed by atoms with Gasteiger partial charge in [-0.2, -0.15) is 0 Å². The van der Waals surface area contributed by atoms with Crippen molar-refractivity contribution in [2.24, 2.45) is 0 Å². The van der Waals surface area contributed by atoms with Crippen molar-refractivity contribution in [1.29, 1.82) is 0 Å². The molecule has 3 nitrogen and oxygen atoms in total. The third-order valence-corrected chi connectivity index (χ3v) is 4.47. The lowest BCUT2D eigenvalue weighted by Gasteiger charge is -2.17. The molecule has 20 heavy (non-hydrogen) atoms. The second kappa shape index (κ2) is 7.07. The number of hydrogen-bond donors (Lipinski definition) is 1. The Morgan fingerprint density at radius 1 is 1.35 bits per heavy atom. The van der Waals surface area contributed by atoms with Crippen LogP contribution in [-0.4, -0.2) is 23.4 Å². The van der Waals surface area contributed by atoms with Crippen molar-refractivity contribution in [3.63, 3.8) is 0 Å². The molecule has 0 aliphatic heterocycles. The first-order chi connectivity index (χ1) is 9.65. The topological polar surface area (TPSA) is 34.0 Å². The van der Waals surface area contributed by atoms with E-state index >= 15 is 0 Å². The first-order valence-electron chi connectivity index (χ1n) is 8.07. The van der Waals surface area contributed by atoms with Crippen LogP contribution in [0.4, 0.5) is 0 Å². The number of nitrogens with zero attached hydrogens (tertiary/aromatic N) is 1. The van der Waals surface area contributed by atoms with E-state index in [9.17, 15) is 4.79 Å². The first-order valence-corrected chi connectivity index (χ1v) is 8.07. The van der Waals surface area contributed by atoms with E-state index in [2.05, 4.69) is 36.7 Å². The van der Waals surface area contributed by atoms with E-state index in [0.717, 1.165) is 30.6 Å². The molecule has 0 amide bonds. The Labute approximate surface area is 122 Å². The number of aryl methyl sites for hydroxylation is 1. The number of carbonyl (C=O) groups excluding carboxylic acids is 1. The third kappa shape index (κ3) is 3.32. The lowest BCUT2D eigenvalue weighted by atomic mass is 10.1. The van der Waals surface area contributed by atoms with E-state index in [4.69, 9.17) is 0 Å². The molecular weight excluding hydrogens is 248 g/mol. The lowest BCUT2D eigenvalue weighted by Crippen LogP contribution is -2.24. The summed E-state index contributed by atoms with van der Waals surface area (Å²) >= 11 is 0. The lowest BCUT2D eigenvalue weighted by molar-refractivity contribution is 0.0990. The highest BCUT2D eigenvalue weighted by Gasteiger charge is 2.23. The zero-order chi connectivity index (χ0) is 14.5. The molecule has 1 heterocycles. The average molecular weight is 276 g/mol. The Balaban J connectivity index is 2.04. The van der Waals surface area contributed by atoms with Crippen molar-refractivity contribution in [3.05, 3.63) is 23.0 Å². The zero-order valence-electron chi connectivity index (χ0n) is 13.2. The van der Waals surface area contributed by atoms with Gasteiger partial charge in [0.05, 0.1) is 6.54 Å². The van der Waals surface area contributed by atoms with Crippen LogP contribution < -0.4 is 5.32 Å². The predicted molar refractivity (Wildman–Crippen MR) is 83.5 cm³/mol. The van der Waals surface area contributed by atoms with Crippen LogP contribution in [0.5, 0.6) is 0 Å². The fourth-order valence-electron chi connectivity index (χ4n) is 3.38. The predicted octanol–water partition coefficient (Wildman–Crippen LogP) is 3.79. The summed E-state index contributed by atoms with van der Waals surface area (Å²) in [6.45, 7) is 7.80. The van der Waals surface area contributed by atoms with Crippen molar-refractivity contribution < 1.29 is 4.79 Å². The SMILES string of the molecule is CCCCNCC(=O)c1cc(C)n(C2CCCC2)c1C. The number of nitrogens with one attached hydrogen (secondary N) is 1. The van der Waals surface area contributed by atoms with Gasteiger partial charge in [0.25, 0.3) is 0 Å². The molecule has 3 heteroatoms. The van der Waals surface area contributed by atoms with E-state index < -0.39 is 0 Å². The molecule has 1 saturated carbocycles. The number of aromatic nitrogens is 1. The molecule has 0 bridgehead atoms. The summed E-state index contributed by atoms with van der Waals surface area (Å²) in [6, 6.07) is 2.70. The molecule has 1 aliphatic carbocycles. The second-order valence-electron chi connectivity index (χ2n) is 6.05. The number of carbonyl (C=O) groups is 1. The van der Waals surface area contributed by atoms with Crippen molar-refractivity contribution in [2.45, 2.75) is 65.3 Å². The van der Waals surface area contributed by atoms with Gasteiger partial charge >= 0.3 is 0 Å². The Bertz CT molecular complexity index is 456. The maximum absolute atomic E-state index is 12.3. The maximum Gasteiger partial charge on any atom is 0.178 e. The van der Waals surface area contributed by atoms with Crippen molar-refractivity contribution >= 4 is 5.78 Å². The Morgan fingerprint density at radius 2 is 2.05 bits per heavy atom. The Morgan fingerprint density at radius 3 is 2.70 bits per heavy atom. The van der Waals surface area contributed by atoms with Crippen LogP contribution in [0.25, 0.3) is 0 Å². The highest BCUT2D eigenvalue weighted by atomic mass is 16.1. The molecule has 0 saturated heterocycles. The summed E-state index contributed by atoms with van der Waals surface area (Å²) in [7, 11) is 0. The third-order valence-electron chi connectivity index (χ3n) is 4.47. The van der Waals surface area contributed by atoms with Gasteiger partial charge in [-0.15, -0.1) is 0 Å². The minimum atomic E-state index is 0.235. The van der Waals surface area contributed by atoms with E-state index in [0.29, 0.717) is 12.6 Å². The van der Waals surface area contributed by atoms with Gasteiger partial charge in [0.15, 0.2) is 5.78 Å². The van der Waals surface area contributed by atoms with Gasteiger partial charge in [0, 0.05) is 23.0 Å². The summed E-state index contributed by atoms with van der Waals surface area (Å²) in [5.74, 6) is 0.235. The summed E-state index contributed by atoms with van der Waals surface area (Å²) in [6.07, 6.45) is 7.47. The molecule has 0 unspecified atom stereocenters. The Kier molecular flexibility index (Phi) is 5.41. The van der Waals surface area contributed by atoms with Crippen molar-refractivity contribution in [2.75, 3.05) is 13.1 Å². The summed E-state index contributed by atoms with van der Waals surface area (Å²) in [5.41, 5.74) is 3.32. The molecule has 0 aromatic carbocycles. The van der Waals surface area contributed by atoms with Gasteiger partial charge in [0.2, 0.25) is 0 Å². The number of Topliss-reactive ketones (excluding diaryl/α,β-unsaturated/α-hetero) is 1. The zero-order valence-corrected chi connectivity index (χ0v) is 13.2. The minimum absolute atomic E-state index is 0.235. The molecule has 2 rings (SSSR count). The highest BCUT2D eigenvalue weighted by molar-refractivity contribution is 5.99. The molecule has 1 aliphatic rings. The molecule has 1 aromatic rings. The fraction of sp³-hybridized carbons (Fsp3) is 0.706. The van der Waals surface area contributed by atoms with Crippen LogP contribution in [-0.2, 0) is 0 Å². The second-order valence-corrected chi connectivity index (χ2v) is 6.05. The number of hydrogen-bond acceptors (Lipinski definition) is 2. The van der Waals surface area contributed by atoms with E-state index in [1.807, 2.05) is 0 Å². The molecular formula is C17H28N2O. The molecule has 1 fully saturated rings. The van der Waals surface area contributed by atoms with E-state index in [1.54, 1.807) is 0 Å². The molecule has 1 aromatic heterocycles. The summed E-state index contributed by atoms with van der Waals surface area (Å²) in [4.78, 5) is 12.3. The normalized spacial score (nSPS) is 15.9. The molecule has 0 spiro atoms. The average Bonchev–Trinajstić information content (AvgIpc) is 3.03. The van der Waals surface area contributed by atoms with Crippen molar-refractivity contribution in [1.82, 2.24) is 9.88 Å². The van der Waals surface area contributed by atoms with Crippen molar-refractivity contribution in [3.8, 4) is 0 Å². The van der Waals surface area contributed by atoms with Crippen LogP contribution in [0.15, 0.2) is 6.07 Å². The van der Waals surface area contributed by atoms with Gasteiger partial charge in [-0.05, 0) is 45.7 Å². The van der Waals surface area contributed by atoms with Gasteiger partial charge < -0.3 is 9.88 Å². The van der Waals surface area contributed by atoms with E-state index in [1.165, 1.54) is 31.4 Å². The highest BCUT2D eigenvalue weighted by Crippen LogP contribution is 2.33. The monoisotopic (exact) mass is 276 g/mol. The van der Waals surface area contributed by atoms with E-state index in [-0.39, 0.29) is 5.78 Å². The summed E-state index contributed by atoms with van der Waals surface area (Å²) < 4.78 is 2.40. The fourth-order valence-corrected chi connectivity index (χ4v) is 3.38. The van der Waals surface area contributed by atoms with Gasteiger partial charge in [-0.3, -0.25) is 4.79 Å². The quantitative estimate of drug-likeness (QED) is 0.607. The number of unbranched alkanes of at least 4 members (excludes halogenated alkanes) is 1. The van der Waals surface area contributed by atoms with Crippen LogP contribution in [0, 0.1) is 13.8 Å². The molecule has 0 radical (unpaired) electrons. The molecule has 1 N–H and O–H groups in total. The van der Waals surface area contributed by atoms with Crippen LogP contribution in [0.3, 0.4) is 0 Å².